The lowest BCUT2D eigenvalue weighted by molar-refractivity contribution is 0.0430. The van der Waals surface area contributed by atoms with Crippen LogP contribution in [-0.4, -0.2) is 19.4 Å². The largest absolute Gasteiger partial charge is 0.508 e. The van der Waals surface area contributed by atoms with Gasteiger partial charge in [0.1, 0.15) is 0 Å². The highest BCUT2D eigenvalue weighted by Gasteiger charge is 2.12. The molecule has 0 aliphatic carbocycles. The van der Waals surface area contributed by atoms with Crippen LogP contribution in [0.25, 0.3) is 0 Å². The van der Waals surface area contributed by atoms with Gasteiger partial charge in [-0.05, 0) is 65.5 Å². The Morgan fingerprint density at radius 1 is 1.20 bits per heavy atom. The zero-order chi connectivity index (χ0) is 14.8. The number of benzene rings is 1. The molecule has 0 fully saturated rings. The van der Waals surface area contributed by atoms with Crippen molar-refractivity contribution in [2.75, 3.05) is 13.2 Å². The molecule has 1 aromatic rings. The van der Waals surface area contributed by atoms with Crippen LogP contribution in [0.3, 0.4) is 0 Å². The van der Waals surface area contributed by atoms with Gasteiger partial charge in [-0.25, -0.2) is 4.79 Å². The van der Waals surface area contributed by atoms with Crippen molar-refractivity contribution in [1.82, 2.24) is 0 Å². The topological polar surface area (TPSA) is 35.5 Å². The van der Waals surface area contributed by atoms with Crippen LogP contribution >= 0.6 is 22.6 Å². The van der Waals surface area contributed by atoms with Gasteiger partial charge in [0, 0.05) is 3.57 Å². The van der Waals surface area contributed by atoms with Crippen LogP contribution in [0.15, 0.2) is 24.3 Å². The Morgan fingerprint density at radius 3 is 2.50 bits per heavy atom. The van der Waals surface area contributed by atoms with Gasteiger partial charge in [0.05, 0.1) is 13.2 Å². The van der Waals surface area contributed by atoms with E-state index in [1.165, 1.54) is 9.13 Å². The van der Waals surface area contributed by atoms with Crippen LogP contribution in [0.2, 0.25) is 0 Å². The molecule has 1 aromatic carbocycles. The monoisotopic (exact) mass is 390 g/mol. The highest BCUT2D eigenvalue weighted by Crippen LogP contribution is 2.15. The lowest BCUT2D eigenvalue weighted by atomic mass is 9.98. The number of unbranched alkanes of at least 4 members (excludes halogenated alkanes) is 1. The zero-order valence-electron chi connectivity index (χ0n) is 12.2. The molecule has 20 heavy (non-hydrogen) atoms. The first-order valence-corrected chi connectivity index (χ1v) is 8.27. The van der Waals surface area contributed by atoms with Crippen molar-refractivity contribution >= 4 is 28.7 Å². The molecule has 0 radical (unpaired) electrons. The van der Waals surface area contributed by atoms with E-state index in [0.717, 1.165) is 25.7 Å². The minimum absolute atomic E-state index is 0.341. The van der Waals surface area contributed by atoms with Gasteiger partial charge >= 0.3 is 6.16 Å². The number of ether oxygens (including phenoxy) is 2. The third-order valence-corrected chi connectivity index (χ3v) is 3.89. The Hall–Kier alpha value is -0.780. The summed E-state index contributed by atoms with van der Waals surface area (Å²) in [6.07, 6.45) is 3.26. The summed E-state index contributed by atoms with van der Waals surface area (Å²) in [5.41, 5.74) is 1.28. The fraction of sp³-hybridized carbons (Fsp3) is 0.562. The smallest absolute Gasteiger partial charge is 0.434 e. The molecule has 0 aliphatic heterocycles. The van der Waals surface area contributed by atoms with Crippen molar-refractivity contribution in [3.8, 4) is 0 Å². The first kappa shape index (κ1) is 17.3. The highest BCUT2D eigenvalue weighted by molar-refractivity contribution is 14.1. The molecule has 0 heterocycles. The second-order valence-electron chi connectivity index (χ2n) is 4.87. The summed E-state index contributed by atoms with van der Waals surface area (Å²) in [6.45, 7) is 5.04. The number of halogens is 1. The average Bonchev–Trinajstić information content (AvgIpc) is 2.45. The number of carbonyl (C=O) groups excluding carboxylic acids is 1. The molecule has 0 saturated heterocycles. The zero-order valence-corrected chi connectivity index (χ0v) is 14.4. The Labute approximate surface area is 135 Å². The van der Waals surface area contributed by atoms with Gasteiger partial charge in [-0.15, -0.1) is 0 Å². The van der Waals surface area contributed by atoms with E-state index in [0.29, 0.717) is 19.1 Å². The van der Waals surface area contributed by atoms with Crippen LogP contribution in [0.5, 0.6) is 0 Å². The van der Waals surface area contributed by atoms with Crippen LogP contribution in [-0.2, 0) is 15.9 Å². The molecule has 3 nitrogen and oxygen atoms in total. The Kier molecular flexibility index (Phi) is 8.65. The third-order valence-electron chi connectivity index (χ3n) is 3.17. The molecule has 4 heteroatoms. The quantitative estimate of drug-likeness (QED) is 0.363. The van der Waals surface area contributed by atoms with Crippen molar-refractivity contribution < 1.29 is 14.3 Å². The normalized spacial score (nSPS) is 11.9. The van der Waals surface area contributed by atoms with E-state index in [-0.39, 0.29) is 0 Å². The molecule has 0 amide bonds. The lowest BCUT2D eigenvalue weighted by Gasteiger charge is -2.15. The number of hydrogen-bond acceptors (Lipinski definition) is 3. The van der Waals surface area contributed by atoms with Crippen LogP contribution in [0, 0.1) is 9.49 Å². The highest BCUT2D eigenvalue weighted by atomic mass is 127. The predicted molar refractivity (Wildman–Crippen MR) is 88.9 cm³/mol. The van der Waals surface area contributed by atoms with E-state index in [9.17, 15) is 4.79 Å². The van der Waals surface area contributed by atoms with Crippen LogP contribution in [0.1, 0.15) is 38.7 Å². The van der Waals surface area contributed by atoms with E-state index in [4.69, 9.17) is 9.47 Å². The van der Waals surface area contributed by atoms with E-state index in [2.05, 4.69) is 60.7 Å². The minimum atomic E-state index is -0.542. The van der Waals surface area contributed by atoms with Gasteiger partial charge < -0.3 is 9.47 Å². The maximum Gasteiger partial charge on any atom is 0.508 e. The maximum absolute atomic E-state index is 11.4. The summed E-state index contributed by atoms with van der Waals surface area (Å²) >= 11 is 2.29. The number of carbonyl (C=O) groups is 1. The lowest BCUT2D eigenvalue weighted by Crippen LogP contribution is -2.17. The molecule has 0 spiro atoms. The van der Waals surface area contributed by atoms with Crippen molar-refractivity contribution in [3.63, 3.8) is 0 Å². The minimum Gasteiger partial charge on any atom is -0.434 e. The Bertz CT molecular complexity index is 389. The second-order valence-corrected chi connectivity index (χ2v) is 6.11. The van der Waals surface area contributed by atoms with Gasteiger partial charge in [0.25, 0.3) is 0 Å². The summed E-state index contributed by atoms with van der Waals surface area (Å²) in [4.78, 5) is 11.4. The fourth-order valence-electron chi connectivity index (χ4n) is 1.80. The van der Waals surface area contributed by atoms with E-state index >= 15 is 0 Å². The molecule has 1 unspecified atom stereocenters. The maximum atomic E-state index is 11.4. The molecule has 0 N–H and O–H groups in total. The molecule has 0 aliphatic rings. The third kappa shape index (κ3) is 7.12. The summed E-state index contributed by atoms with van der Waals surface area (Å²) < 4.78 is 11.4. The molecule has 112 valence electrons. The van der Waals surface area contributed by atoms with Crippen molar-refractivity contribution in [1.29, 1.82) is 0 Å². The van der Waals surface area contributed by atoms with Gasteiger partial charge in [-0.1, -0.05) is 32.4 Å². The standard InChI is InChI=1S/C16H23IO3/c1-3-5-10-19-16(18)20-12-13(4-2)11-14-6-8-15(17)9-7-14/h6-9,13H,3-5,10-12H2,1-2H3. The summed E-state index contributed by atoms with van der Waals surface area (Å²) in [5.74, 6) is 0.341. The summed E-state index contributed by atoms with van der Waals surface area (Å²) in [7, 11) is 0. The molecule has 0 saturated carbocycles. The van der Waals surface area contributed by atoms with E-state index in [1.54, 1.807) is 0 Å². The number of rotatable bonds is 8. The van der Waals surface area contributed by atoms with Crippen LogP contribution in [0.4, 0.5) is 4.79 Å². The number of hydrogen-bond donors (Lipinski definition) is 0. The predicted octanol–water partition coefficient (Wildman–Crippen LogP) is 4.81. The molecule has 1 rings (SSSR count). The van der Waals surface area contributed by atoms with Crippen molar-refractivity contribution in [2.45, 2.75) is 39.5 Å². The molecule has 1 atom stereocenters. The van der Waals surface area contributed by atoms with Gasteiger partial charge in [0.15, 0.2) is 0 Å². The summed E-state index contributed by atoms with van der Waals surface area (Å²) in [6, 6.07) is 8.46. The first-order chi connectivity index (χ1) is 9.65. The Morgan fingerprint density at radius 2 is 1.90 bits per heavy atom. The van der Waals surface area contributed by atoms with Gasteiger partial charge in [-0.2, -0.15) is 0 Å². The van der Waals surface area contributed by atoms with Crippen molar-refractivity contribution in [3.05, 3.63) is 33.4 Å². The van der Waals surface area contributed by atoms with Gasteiger partial charge in [0.2, 0.25) is 0 Å². The molecular weight excluding hydrogens is 367 g/mol. The molecular formula is C16H23IO3. The Balaban J connectivity index is 2.32. The van der Waals surface area contributed by atoms with Gasteiger partial charge in [-0.3, -0.25) is 0 Å². The first-order valence-electron chi connectivity index (χ1n) is 7.19. The molecule has 0 bridgehead atoms. The van der Waals surface area contributed by atoms with Crippen molar-refractivity contribution in [2.24, 2.45) is 5.92 Å². The SMILES string of the molecule is CCCCOC(=O)OCC(CC)Cc1ccc(I)cc1. The second kappa shape index (κ2) is 10.0. The average molecular weight is 390 g/mol. The summed E-state index contributed by atoms with van der Waals surface area (Å²) in [5, 5.41) is 0. The fourth-order valence-corrected chi connectivity index (χ4v) is 2.16. The van der Waals surface area contributed by atoms with E-state index < -0.39 is 6.16 Å². The van der Waals surface area contributed by atoms with Crippen LogP contribution < -0.4 is 0 Å². The van der Waals surface area contributed by atoms with E-state index in [1.807, 2.05) is 0 Å². The molecule has 0 aromatic heterocycles.